The van der Waals surface area contributed by atoms with Crippen LogP contribution >= 0.6 is 0 Å². The highest BCUT2D eigenvalue weighted by Gasteiger charge is 2.57. The Balaban J connectivity index is 1.65. The predicted octanol–water partition coefficient (Wildman–Crippen LogP) is 6.40. The Morgan fingerprint density at radius 1 is 0.828 bits per heavy atom. The van der Waals surface area contributed by atoms with Gasteiger partial charge in [0.2, 0.25) is 0 Å². The van der Waals surface area contributed by atoms with Gasteiger partial charge in [-0.3, -0.25) is 9.69 Å². The number of nitrogens with zero attached hydrogens (tertiary/aromatic N) is 1. The zero-order valence-electron chi connectivity index (χ0n) is 17.7. The van der Waals surface area contributed by atoms with E-state index in [0.717, 1.165) is 17.7 Å². The quantitative estimate of drug-likeness (QED) is 0.486. The van der Waals surface area contributed by atoms with E-state index < -0.39 is 5.41 Å². The van der Waals surface area contributed by atoms with Crippen molar-refractivity contribution in [3.63, 3.8) is 0 Å². The van der Waals surface area contributed by atoms with Crippen LogP contribution in [0, 0.1) is 5.41 Å². The average molecular weight is 384 g/mol. The van der Waals surface area contributed by atoms with Gasteiger partial charge in [-0.25, -0.2) is 0 Å². The van der Waals surface area contributed by atoms with Crippen molar-refractivity contribution < 1.29 is 4.79 Å². The highest BCUT2D eigenvalue weighted by Crippen LogP contribution is 2.53. The zero-order valence-corrected chi connectivity index (χ0v) is 17.7. The molecule has 3 aromatic carbocycles. The van der Waals surface area contributed by atoms with Crippen molar-refractivity contribution in [2.75, 3.05) is 6.54 Å². The molecule has 0 aromatic heterocycles. The van der Waals surface area contributed by atoms with Gasteiger partial charge >= 0.3 is 0 Å². The first-order valence-electron chi connectivity index (χ1n) is 10.3. The van der Waals surface area contributed by atoms with E-state index in [2.05, 4.69) is 81.1 Å². The molecule has 4 rings (SSSR count). The molecule has 2 heteroatoms. The van der Waals surface area contributed by atoms with Crippen LogP contribution in [0.1, 0.15) is 49.7 Å². The van der Waals surface area contributed by atoms with Gasteiger partial charge in [0.15, 0.2) is 5.78 Å². The summed E-state index contributed by atoms with van der Waals surface area (Å²) in [5.74, 6) is 0.228. The number of Topliss-reactive ketones (excluding diaryl/α,β-unsaturated/α-hetero) is 1. The lowest BCUT2D eigenvalue weighted by Crippen LogP contribution is -2.66. The zero-order chi connectivity index (χ0) is 20.6. The first kappa shape index (κ1) is 19.6. The van der Waals surface area contributed by atoms with Gasteiger partial charge in [-0.1, -0.05) is 84.9 Å². The van der Waals surface area contributed by atoms with Crippen LogP contribution in [0.5, 0.6) is 0 Å². The molecule has 0 spiro atoms. The fraction of sp³-hybridized carbons (Fsp3) is 0.296. The smallest absolute Gasteiger partial charge is 0.171 e. The summed E-state index contributed by atoms with van der Waals surface area (Å²) in [4.78, 5) is 16.1. The first-order chi connectivity index (χ1) is 13.8. The van der Waals surface area contributed by atoms with Crippen molar-refractivity contribution in [2.24, 2.45) is 5.41 Å². The summed E-state index contributed by atoms with van der Waals surface area (Å²) in [5, 5.41) is 0. The fourth-order valence-electron chi connectivity index (χ4n) is 4.54. The summed E-state index contributed by atoms with van der Waals surface area (Å²) in [7, 11) is 0. The molecule has 29 heavy (non-hydrogen) atoms. The minimum absolute atomic E-state index is 0.0114. The number of hydrogen-bond acceptors (Lipinski definition) is 2. The Labute approximate surface area is 174 Å². The molecule has 0 aliphatic carbocycles. The van der Waals surface area contributed by atoms with Crippen molar-refractivity contribution in [1.82, 2.24) is 4.90 Å². The number of carbonyl (C=O) groups is 1. The summed E-state index contributed by atoms with van der Waals surface area (Å²) in [6.07, 6.45) is 0. The molecule has 0 radical (unpaired) electrons. The molecule has 1 fully saturated rings. The van der Waals surface area contributed by atoms with Gasteiger partial charge in [0.25, 0.3) is 0 Å². The Hall–Kier alpha value is -2.71. The van der Waals surface area contributed by atoms with Crippen LogP contribution in [0.4, 0.5) is 0 Å². The van der Waals surface area contributed by atoms with Crippen molar-refractivity contribution in [1.29, 1.82) is 0 Å². The number of benzene rings is 3. The van der Waals surface area contributed by atoms with Crippen molar-refractivity contribution in [3.05, 3.63) is 96.1 Å². The molecule has 1 aliphatic rings. The monoisotopic (exact) mass is 383 g/mol. The van der Waals surface area contributed by atoms with Crippen LogP contribution in [0.3, 0.4) is 0 Å². The maximum atomic E-state index is 13.6. The standard InChI is InChI=1S/C27H29NO/c1-26(2,3)28-19-27(4,24(28)22-13-9-6-10-14-22)25(29)23-17-15-21(16-18-23)20-11-7-5-8-12-20/h5-18,24H,19H2,1-4H3/t24-,27+/m0/s1. The minimum Gasteiger partial charge on any atom is -0.293 e. The number of hydrogen-bond donors (Lipinski definition) is 0. The van der Waals surface area contributed by atoms with Crippen LogP contribution in [0.15, 0.2) is 84.9 Å². The SMILES string of the molecule is CC(C)(C)N1C[C@@](C)(C(=O)c2ccc(-c3ccccc3)cc2)[C@@H]1c1ccccc1. The van der Waals surface area contributed by atoms with Gasteiger partial charge in [0.1, 0.15) is 0 Å². The van der Waals surface area contributed by atoms with Gasteiger partial charge in [-0.15, -0.1) is 0 Å². The van der Waals surface area contributed by atoms with E-state index in [1.54, 1.807) is 0 Å². The van der Waals surface area contributed by atoms with E-state index in [4.69, 9.17) is 0 Å². The van der Waals surface area contributed by atoms with Gasteiger partial charge in [-0.05, 0) is 44.4 Å². The summed E-state index contributed by atoms with van der Waals surface area (Å²) in [6, 6.07) is 28.9. The second-order valence-corrected chi connectivity index (χ2v) is 9.30. The van der Waals surface area contributed by atoms with Crippen molar-refractivity contribution in [3.8, 4) is 11.1 Å². The third kappa shape index (κ3) is 3.54. The lowest BCUT2D eigenvalue weighted by Gasteiger charge is -2.60. The molecular weight excluding hydrogens is 354 g/mol. The normalized spacial score (nSPS) is 22.1. The van der Waals surface area contributed by atoms with E-state index >= 15 is 0 Å². The molecule has 0 saturated carbocycles. The molecule has 2 nitrogen and oxygen atoms in total. The highest BCUT2D eigenvalue weighted by atomic mass is 16.1. The van der Waals surface area contributed by atoms with Crippen LogP contribution in [0.2, 0.25) is 0 Å². The summed E-state index contributed by atoms with van der Waals surface area (Å²) in [5.41, 5.74) is 3.90. The molecular formula is C27H29NO. The van der Waals surface area contributed by atoms with E-state index in [1.165, 1.54) is 11.1 Å². The Kier molecular flexibility index (Phi) is 4.92. The van der Waals surface area contributed by atoms with Crippen LogP contribution < -0.4 is 0 Å². The molecule has 0 bridgehead atoms. The lowest BCUT2D eigenvalue weighted by atomic mass is 9.64. The van der Waals surface area contributed by atoms with Gasteiger partial charge < -0.3 is 0 Å². The Morgan fingerprint density at radius 2 is 1.34 bits per heavy atom. The molecule has 0 N–H and O–H groups in total. The molecule has 1 heterocycles. The largest absolute Gasteiger partial charge is 0.293 e. The number of ketones is 1. The maximum Gasteiger partial charge on any atom is 0.171 e. The second-order valence-electron chi connectivity index (χ2n) is 9.30. The molecule has 3 aromatic rings. The maximum absolute atomic E-state index is 13.6. The topological polar surface area (TPSA) is 20.3 Å². The van der Waals surface area contributed by atoms with E-state index in [0.29, 0.717) is 0 Å². The minimum atomic E-state index is -0.428. The molecule has 148 valence electrons. The predicted molar refractivity (Wildman–Crippen MR) is 120 cm³/mol. The third-order valence-corrected chi connectivity index (χ3v) is 6.16. The number of carbonyl (C=O) groups excluding carboxylic acids is 1. The van der Waals surface area contributed by atoms with Crippen molar-refractivity contribution in [2.45, 2.75) is 39.3 Å². The summed E-state index contributed by atoms with van der Waals surface area (Å²) < 4.78 is 0. The Bertz CT molecular complexity index is 986. The first-order valence-corrected chi connectivity index (χ1v) is 10.3. The molecule has 0 amide bonds. The Morgan fingerprint density at radius 3 is 1.90 bits per heavy atom. The molecule has 1 saturated heterocycles. The molecule has 2 atom stereocenters. The number of likely N-dealkylation sites (tertiary alicyclic amines) is 1. The summed E-state index contributed by atoms with van der Waals surface area (Å²) in [6.45, 7) is 9.57. The summed E-state index contributed by atoms with van der Waals surface area (Å²) >= 11 is 0. The van der Waals surface area contributed by atoms with Crippen LogP contribution in [-0.2, 0) is 0 Å². The highest BCUT2D eigenvalue weighted by molar-refractivity contribution is 6.02. The fourth-order valence-corrected chi connectivity index (χ4v) is 4.54. The third-order valence-electron chi connectivity index (χ3n) is 6.16. The van der Waals surface area contributed by atoms with Gasteiger partial charge in [0.05, 0.1) is 5.41 Å². The van der Waals surface area contributed by atoms with Crippen LogP contribution in [0.25, 0.3) is 11.1 Å². The van der Waals surface area contributed by atoms with Gasteiger partial charge in [0, 0.05) is 23.7 Å². The number of rotatable bonds is 4. The van der Waals surface area contributed by atoms with Crippen LogP contribution in [-0.4, -0.2) is 22.8 Å². The second kappa shape index (κ2) is 7.27. The molecule has 1 aliphatic heterocycles. The van der Waals surface area contributed by atoms with E-state index in [9.17, 15) is 4.79 Å². The van der Waals surface area contributed by atoms with E-state index in [-0.39, 0.29) is 17.4 Å². The van der Waals surface area contributed by atoms with E-state index in [1.807, 2.05) is 36.4 Å². The van der Waals surface area contributed by atoms with Gasteiger partial charge in [-0.2, -0.15) is 0 Å². The average Bonchev–Trinajstić information content (AvgIpc) is 2.72. The molecule has 0 unspecified atom stereocenters. The van der Waals surface area contributed by atoms with Crippen molar-refractivity contribution >= 4 is 5.78 Å². The lowest BCUT2D eigenvalue weighted by molar-refractivity contribution is -0.0951.